The van der Waals surface area contributed by atoms with Crippen LogP contribution in [-0.2, 0) is 0 Å². The molecule has 2 aliphatic rings. The summed E-state index contributed by atoms with van der Waals surface area (Å²) in [7, 11) is 0. The Morgan fingerprint density at radius 1 is 1.16 bits per heavy atom. The van der Waals surface area contributed by atoms with E-state index in [0.29, 0.717) is 5.76 Å². The summed E-state index contributed by atoms with van der Waals surface area (Å²) in [5, 5.41) is 10.5. The molecule has 32 heavy (non-hydrogen) atoms. The van der Waals surface area contributed by atoms with E-state index < -0.39 is 0 Å². The highest BCUT2D eigenvalue weighted by atomic mass is 16.3. The summed E-state index contributed by atoms with van der Waals surface area (Å²) in [5.41, 5.74) is 2.22. The SMILES string of the molecule is Cc1ccc(N(C(=O)c2ccco2)C2CCN(CCC3(C(C)O)CCCCC3)CC2)cc1. The van der Waals surface area contributed by atoms with Gasteiger partial charge in [0.15, 0.2) is 5.76 Å². The fourth-order valence-electron chi connectivity index (χ4n) is 5.63. The van der Waals surface area contributed by atoms with E-state index in [0.717, 1.165) is 57.4 Å². The monoisotopic (exact) mass is 438 g/mol. The van der Waals surface area contributed by atoms with Crippen molar-refractivity contribution in [2.45, 2.75) is 77.4 Å². The van der Waals surface area contributed by atoms with Crippen LogP contribution in [0.15, 0.2) is 47.1 Å². The molecule has 4 rings (SSSR count). The van der Waals surface area contributed by atoms with Crippen LogP contribution >= 0.6 is 0 Å². The summed E-state index contributed by atoms with van der Waals surface area (Å²) < 4.78 is 5.45. The fourth-order valence-corrected chi connectivity index (χ4v) is 5.63. The van der Waals surface area contributed by atoms with Crippen molar-refractivity contribution in [3.8, 4) is 0 Å². The average molecular weight is 439 g/mol. The lowest BCUT2D eigenvalue weighted by Gasteiger charge is -2.43. The first-order chi connectivity index (χ1) is 15.5. The second kappa shape index (κ2) is 10.2. The first kappa shape index (κ1) is 23.1. The van der Waals surface area contributed by atoms with Crippen molar-refractivity contribution in [3.05, 3.63) is 54.0 Å². The third kappa shape index (κ3) is 5.10. The summed E-state index contributed by atoms with van der Waals surface area (Å²) in [6, 6.07) is 11.9. The van der Waals surface area contributed by atoms with Crippen LogP contribution in [0.1, 0.15) is 74.4 Å². The maximum absolute atomic E-state index is 13.3. The van der Waals surface area contributed by atoms with Gasteiger partial charge in [0.2, 0.25) is 0 Å². The number of furan rings is 1. The topological polar surface area (TPSA) is 56.9 Å². The third-order valence-electron chi connectivity index (χ3n) is 7.85. The van der Waals surface area contributed by atoms with Gasteiger partial charge < -0.3 is 19.3 Å². The number of likely N-dealkylation sites (tertiary alicyclic amines) is 1. The molecule has 1 unspecified atom stereocenters. The molecule has 2 heterocycles. The quantitative estimate of drug-likeness (QED) is 0.627. The minimum Gasteiger partial charge on any atom is -0.459 e. The number of rotatable bonds is 7. The zero-order valence-corrected chi connectivity index (χ0v) is 19.6. The van der Waals surface area contributed by atoms with Crippen LogP contribution in [-0.4, -0.2) is 47.7 Å². The lowest BCUT2D eigenvalue weighted by molar-refractivity contribution is -0.00637. The number of hydrogen-bond donors (Lipinski definition) is 1. The van der Waals surface area contributed by atoms with Gasteiger partial charge >= 0.3 is 0 Å². The number of piperidine rings is 1. The first-order valence-corrected chi connectivity index (χ1v) is 12.3. The van der Waals surface area contributed by atoms with Gasteiger partial charge in [-0.25, -0.2) is 0 Å². The molecule has 0 bridgehead atoms. The lowest BCUT2D eigenvalue weighted by atomic mass is 9.68. The zero-order valence-electron chi connectivity index (χ0n) is 19.6. The zero-order chi connectivity index (χ0) is 22.6. The van der Waals surface area contributed by atoms with Crippen molar-refractivity contribution in [1.82, 2.24) is 4.90 Å². The molecule has 5 heteroatoms. The normalized spacial score (nSPS) is 20.7. The Morgan fingerprint density at radius 2 is 1.84 bits per heavy atom. The number of anilines is 1. The maximum Gasteiger partial charge on any atom is 0.294 e. The Kier molecular flexibility index (Phi) is 7.37. The Hall–Kier alpha value is -2.11. The molecule has 0 spiro atoms. The van der Waals surface area contributed by atoms with Crippen LogP contribution in [0.2, 0.25) is 0 Å². The number of aliphatic hydroxyl groups excluding tert-OH is 1. The predicted octanol–water partition coefficient (Wildman–Crippen LogP) is 5.42. The minimum absolute atomic E-state index is 0.0624. The molecule has 1 aliphatic heterocycles. The summed E-state index contributed by atoms with van der Waals surface area (Å²) >= 11 is 0. The van der Waals surface area contributed by atoms with Crippen LogP contribution in [0.5, 0.6) is 0 Å². The van der Waals surface area contributed by atoms with Crippen LogP contribution < -0.4 is 4.90 Å². The van der Waals surface area contributed by atoms with Gasteiger partial charge in [0.05, 0.1) is 12.4 Å². The summed E-state index contributed by atoms with van der Waals surface area (Å²) in [6.07, 6.45) is 10.4. The molecule has 2 aromatic rings. The van der Waals surface area contributed by atoms with Crippen molar-refractivity contribution in [2.75, 3.05) is 24.5 Å². The van der Waals surface area contributed by atoms with Gasteiger partial charge in [-0.3, -0.25) is 4.79 Å². The number of aliphatic hydroxyl groups is 1. The van der Waals surface area contributed by atoms with Gasteiger partial charge in [-0.2, -0.15) is 0 Å². The van der Waals surface area contributed by atoms with E-state index in [-0.39, 0.29) is 23.5 Å². The van der Waals surface area contributed by atoms with Crippen LogP contribution in [0, 0.1) is 12.3 Å². The Labute approximate surface area is 192 Å². The fraction of sp³-hybridized carbons (Fsp3) is 0.593. The van der Waals surface area contributed by atoms with Gasteiger partial charge in [0, 0.05) is 24.8 Å². The molecule has 174 valence electrons. The molecule has 1 saturated heterocycles. The van der Waals surface area contributed by atoms with Crippen LogP contribution in [0.25, 0.3) is 0 Å². The molecular formula is C27H38N2O3. The number of benzene rings is 1. The van der Waals surface area contributed by atoms with Gasteiger partial charge in [0.1, 0.15) is 0 Å². The lowest BCUT2D eigenvalue weighted by Crippen LogP contribution is -2.48. The minimum atomic E-state index is -0.233. The smallest absolute Gasteiger partial charge is 0.294 e. The van der Waals surface area contributed by atoms with Crippen LogP contribution in [0.4, 0.5) is 5.69 Å². The van der Waals surface area contributed by atoms with E-state index in [2.05, 4.69) is 24.0 Å². The van der Waals surface area contributed by atoms with Crippen molar-refractivity contribution in [1.29, 1.82) is 0 Å². The number of hydrogen-bond acceptors (Lipinski definition) is 4. The van der Waals surface area contributed by atoms with Gasteiger partial charge in [-0.1, -0.05) is 37.0 Å². The van der Waals surface area contributed by atoms with Crippen molar-refractivity contribution < 1.29 is 14.3 Å². The molecule has 1 atom stereocenters. The average Bonchev–Trinajstić information content (AvgIpc) is 3.35. The van der Waals surface area contributed by atoms with E-state index in [1.165, 1.54) is 24.8 Å². The molecule has 1 N–H and O–H groups in total. The van der Waals surface area contributed by atoms with E-state index in [9.17, 15) is 9.90 Å². The molecule has 1 aliphatic carbocycles. The molecule has 1 saturated carbocycles. The first-order valence-electron chi connectivity index (χ1n) is 12.3. The number of aryl methyl sites for hydroxylation is 1. The molecule has 1 amide bonds. The molecular weight excluding hydrogens is 400 g/mol. The predicted molar refractivity (Wildman–Crippen MR) is 128 cm³/mol. The van der Waals surface area contributed by atoms with Crippen molar-refractivity contribution in [2.24, 2.45) is 5.41 Å². The molecule has 2 fully saturated rings. The highest BCUT2D eigenvalue weighted by molar-refractivity contribution is 6.04. The highest BCUT2D eigenvalue weighted by Gasteiger charge is 2.37. The van der Waals surface area contributed by atoms with Gasteiger partial charge in [-0.05, 0) is 82.2 Å². The van der Waals surface area contributed by atoms with Gasteiger partial charge in [0.25, 0.3) is 5.91 Å². The summed E-state index contributed by atoms with van der Waals surface area (Å²) in [5.74, 6) is 0.330. The second-order valence-electron chi connectivity index (χ2n) is 9.91. The second-order valence-corrected chi connectivity index (χ2v) is 9.91. The number of nitrogens with zero attached hydrogens (tertiary/aromatic N) is 2. The Balaban J connectivity index is 1.41. The number of carbonyl (C=O) groups is 1. The Morgan fingerprint density at radius 3 is 2.44 bits per heavy atom. The largest absolute Gasteiger partial charge is 0.459 e. The van der Waals surface area contributed by atoms with Crippen LogP contribution in [0.3, 0.4) is 0 Å². The number of amides is 1. The van der Waals surface area contributed by atoms with E-state index in [1.54, 1.807) is 18.4 Å². The standard InChI is InChI=1S/C27H38N2O3/c1-21-8-10-23(11-9-21)29(26(31)25-7-6-20-32-25)24-12-17-28(18-13-24)19-16-27(22(2)30)14-4-3-5-15-27/h6-11,20,22,24,30H,3-5,12-19H2,1-2H3. The van der Waals surface area contributed by atoms with E-state index in [4.69, 9.17) is 4.42 Å². The molecule has 1 aromatic carbocycles. The van der Waals surface area contributed by atoms with Gasteiger partial charge in [-0.15, -0.1) is 0 Å². The van der Waals surface area contributed by atoms with Crippen molar-refractivity contribution >= 4 is 11.6 Å². The maximum atomic E-state index is 13.3. The molecule has 0 radical (unpaired) electrons. The Bertz CT molecular complexity index is 846. The molecule has 5 nitrogen and oxygen atoms in total. The van der Waals surface area contributed by atoms with E-state index >= 15 is 0 Å². The van der Waals surface area contributed by atoms with Crippen molar-refractivity contribution in [3.63, 3.8) is 0 Å². The third-order valence-corrected chi connectivity index (χ3v) is 7.85. The number of carbonyl (C=O) groups excluding carboxylic acids is 1. The summed E-state index contributed by atoms with van der Waals surface area (Å²) in [6.45, 7) is 7.04. The van der Waals surface area contributed by atoms with E-state index in [1.807, 2.05) is 24.0 Å². The molecule has 1 aromatic heterocycles. The summed E-state index contributed by atoms with van der Waals surface area (Å²) in [4.78, 5) is 17.8. The highest BCUT2D eigenvalue weighted by Crippen LogP contribution is 2.42.